The van der Waals surface area contributed by atoms with Gasteiger partial charge in [0.05, 0.1) is 20.2 Å². The maximum Gasteiger partial charge on any atom is 0.234 e. The van der Waals surface area contributed by atoms with Crippen molar-refractivity contribution in [2.24, 2.45) is 0 Å². The number of nitrogens with one attached hydrogen (secondary N) is 1. The van der Waals surface area contributed by atoms with Crippen molar-refractivity contribution in [1.82, 2.24) is 15.1 Å². The standard InChI is InChI=1S/C20H20Br3N3O2S/c21-13-4-2-1-3-12(13)10-25-5-7-26(8-6-25)11-16(28)24-14-9-15(27)18-17(14)19(22)29-20(18)23/h1-4,14H,5-11H2,(H,24,28). The molecule has 2 aromatic rings. The van der Waals surface area contributed by atoms with Gasteiger partial charge in [-0.15, -0.1) is 11.3 Å². The topological polar surface area (TPSA) is 52.7 Å². The molecule has 0 radical (unpaired) electrons. The van der Waals surface area contributed by atoms with Crippen LogP contribution in [0.4, 0.5) is 0 Å². The second-order valence-corrected chi connectivity index (χ2v) is 11.8. The number of hydrogen-bond donors (Lipinski definition) is 1. The van der Waals surface area contributed by atoms with E-state index >= 15 is 0 Å². The highest BCUT2D eigenvalue weighted by Crippen LogP contribution is 2.46. The van der Waals surface area contributed by atoms with Crippen molar-refractivity contribution >= 4 is 70.8 Å². The van der Waals surface area contributed by atoms with Crippen molar-refractivity contribution in [2.45, 2.75) is 19.0 Å². The van der Waals surface area contributed by atoms with Gasteiger partial charge in [-0.05, 0) is 43.5 Å². The average Bonchev–Trinajstić information content (AvgIpc) is 3.16. The van der Waals surface area contributed by atoms with Gasteiger partial charge in [0.25, 0.3) is 0 Å². The molecule has 1 fully saturated rings. The molecule has 1 aromatic carbocycles. The zero-order valence-electron chi connectivity index (χ0n) is 15.6. The van der Waals surface area contributed by atoms with E-state index in [-0.39, 0.29) is 17.7 Å². The second kappa shape index (κ2) is 9.28. The molecule has 1 N–H and O–H groups in total. The van der Waals surface area contributed by atoms with Crippen LogP contribution in [0.5, 0.6) is 0 Å². The molecule has 1 unspecified atom stereocenters. The largest absolute Gasteiger partial charge is 0.348 e. The summed E-state index contributed by atoms with van der Waals surface area (Å²) in [6, 6.07) is 8.06. The Hall–Kier alpha value is -0.580. The van der Waals surface area contributed by atoms with Gasteiger partial charge >= 0.3 is 0 Å². The lowest BCUT2D eigenvalue weighted by Gasteiger charge is -2.34. The minimum absolute atomic E-state index is 0.0240. The lowest BCUT2D eigenvalue weighted by atomic mass is 10.2. The highest BCUT2D eigenvalue weighted by Gasteiger charge is 2.36. The highest BCUT2D eigenvalue weighted by atomic mass is 79.9. The van der Waals surface area contributed by atoms with Crippen molar-refractivity contribution in [3.63, 3.8) is 0 Å². The number of carbonyl (C=O) groups is 2. The summed E-state index contributed by atoms with van der Waals surface area (Å²) >= 11 is 12.1. The summed E-state index contributed by atoms with van der Waals surface area (Å²) in [5, 5.41) is 3.06. The summed E-state index contributed by atoms with van der Waals surface area (Å²) in [6.45, 7) is 4.87. The molecule has 2 heterocycles. The van der Waals surface area contributed by atoms with E-state index in [1.165, 1.54) is 16.9 Å². The van der Waals surface area contributed by atoms with Crippen molar-refractivity contribution in [1.29, 1.82) is 0 Å². The maximum atomic E-state index is 12.6. The van der Waals surface area contributed by atoms with Gasteiger partial charge in [-0.2, -0.15) is 0 Å². The number of carbonyl (C=O) groups excluding carboxylic acids is 2. The van der Waals surface area contributed by atoms with E-state index in [0.717, 1.165) is 50.3 Å². The van der Waals surface area contributed by atoms with E-state index in [1.807, 2.05) is 6.07 Å². The van der Waals surface area contributed by atoms with Gasteiger partial charge in [-0.1, -0.05) is 34.1 Å². The molecule has 1 amide bonds. The van der Waals surface area contributed by atoms with Gasteiger partial charge < -0.3 is 5.32 Å². The van der Waals surface area contributed by atoms with Crippen LogP contribution >= 0.6 is 59.1 Å². The Balaban J connectivity index is 1.28. The smallest absolute Gasteiger partial charge is 0.234 e. The number of nitrogens with zero attached hydrogens (tertiary/aromatic N) is 2. The summed E-state index contributed by atoms with van der Waals surface area (Å²) in [5.74, 6) is 0.0592. The van der Waals surface area contributed by atoms with E-state index in [1.54, 1.807) is 0 Å². The molecule has 0 saturated carbocycles. The number of benzene rings is 1. The van der Waals surface area contributed by atoms with Crippen molar-refractivity contribution in [2.75, 3.05) is 32.7 Å². The number of piperazine rings is 1. The van der Waals surface area contributed by atoms with Crippen LogP contribution in [0.2, 0.25) is 0 Å². The lowest BCUT2D eigenvalue weighted by Crippen LogP contribution is -2.49. The fraction of sp³-hybridized carbons (Fsp3) is 0.400. The van der Waals surface area contributed by atoms with Crippen LogP contribution < -0.4 is 5.32 Å². The Morgan fingerprint density at radius 2 is 1.76 bits per heavy atom. The number of fused-ring (bicyclic) bond motifs is 1. The third-order valence-corrected chi connectivity index (χ3v) is 8.74. The fourth-order valence-electron chi connectivity index (χ4n) is 3.89. The van der Waals surface area contributed by atoms with Crippen LogP contribution in [0.15, 0.2) is 36.3 Å². The molecule has 154 valence electrons. The van der Waals surface area contributed by atoms with Crippen LogP contribution in [-0.2, 0) is 11.3 Å². The monoisotopic (exact) mass is 603 g/mol. The molecule has 1 aromatic heterocycles. The van der Waals surface area contributed by atoms with Crippen molar-refractivity contribution in [3.05, 3.63) is 53.0 Å². The Morgan fingerprint density at radius 1 is 1.07 bits per heavy atom. The van der Waals surface area contributed by atoms with Gasteiger partial charge in [0.1, 0.15) is 0 Å². The molecule has 0 spiro atoms. The van der Waals surface area contributed by atoms with Crippen LogP contribution in [-0.4, -0.2) is 54.2 Å². The fourth-order valence-corrected chi connectivity index (χ4v) is 7.67. The second-order valence-electron chi connectivity index (χ2n) is 7.33. The molecule has 1 aliphatic carbocycles. The summed E-state index contributed by atoms with van der Waals surface area (Å²) in [6.07, 6.45) is 0.334. The van der Waals surface area contributed by atoms with E-state index in [4.69, 9.17) is 0 Å². The highest BCUT2D eigenvalue weighted by molar-refractivity contribution is 9.12. The third-order valence-electron chi connectivity index (χ3n) is 5.39. The predicted octanol–water partition coefficient (Wildman–Crippen LogP) is 4.60. The van der Waals surface area contributed by atoms with Crippen LogP contribution in [0.3, 0.4) is 0 Å². The number of rotatable bonds is 5. The molecule has 5 nitrogen and oxygen atoms in total. The number of amides is 1. The first kappa shape index (κ1) is 21.6. The van der Waals surface area contributed by atoms with Gasteiger partial charge in [-0.3, -0.25) is 19.4 Å². The number of hydrogen-bond acceptors (Lipinski definition) is 5. The average molecular weight is 606 g/mol. The van der Waals surface area contributed by atoms with Gasteiger partial charge in [0.2, 0.25) is 5.91 Å². The number of halogens is 3. The molecule has 4 rings (SSSR count). The first-order valence-corrected chi connectivity index (χ1v) is 12.6. The summed E-state index contributed by atoms with van der Waals surface area (Å²) < 4.78 is 2.89. The molecule has 1 aliphatic heterocycles. The van der Waals surface area contributed by atoms with Gasteiger partial charge in [0, 0.05) is 54.7 Å². The first-order valence-electron chi connectivity index (χ1n) is 9.40. The Morgan fingerprint density at radius 3 is 2.48 bits per heavy atom. The maximum absolute atomic E-state index is 12.6. The summed E-state index contributed by atoms with van der Waals surface area (Å²) in [7, 11) is 0. The minimum Gasteiger partial charge on any atom is -0.348 e. The minimum atomic E-state index is -0.237. The van der Waals surface area contributed by atoms with Crippen LogP contribution in [0.25, 0.3) is 0 Å². The molecule has 1 saturated heterocycles. The van der Waals surface area contributed by atoms with Gasteiger partial charge in [0.15, 0.2) is 5.78 Å². The van der Waals surface area contributed by atoms with E-state index < -0.39 is 0 Å². The quantitative estimate of drug-likeness (QED) is 0.542. The van der Waals surface area contributed by atoms with E-state index in [9.17, 15) is 9.59 Å². The van der Waals surface area contributed by atoms with Crippen molar-refractivity contribution < 1.29 is 9.59 Å². The van der Waals surface area contributed by atoms with Gasteiger partial charge in [-0.25, -0.2) is 0 Å². The van der Waals surface area contributed by atoms with Crippen LogP contribution in [0, 0.1) is 0 Å². The van der Waals surface area contributed by atoms with Crippen LogP contribution in [0.1, 0.15) is 33.9 Å². The number of thiophene rings is 1. The molecule has 2 aliphatic rings. The predicted molar refractivity (Wildman–Crippen MR) is 125 cm³/mol. The number of ketones is 1. The Bertz CT molecular complexity index is 941. The van der Waals surface area contributed by atoms with Crippen molar-refractivity contribution in [3.8, 4) is 0 Å². The normalized spacial score (nSPS) is 20.1. The molecular weight excluding hydrogens is 586 g/mol. The molecule has 1 atom stereocenters. The molecule has 29 heavy (non-hydrogen) atoms. The Kier molecular flexibility index (Phi) is 6.92. The zero-order valence-corrected chi connectivity index (χ0v) is 21.2. The summed E-state index contributed by atoms with van der Waals surface area (Å²) in [4.78, 5) is 29.5. The summed E-state index contributed by atoms with van der Waals surface area (Å²) in [5.41, 5.74) is 2.92. The third kappa shape index (κ3) is 4.85. The number of Topliss-reactive ketones (excluding diaryl/α,β-unsaturated/α-hetero) is 1. The first-order chi connectivity index (χ1) is 13.9. The van der Waals surface area contributed by atoms with E-state index in [0.29, 0.717) is 18.5 Å². The molecule has 0 bridgehead atoms. The zero-order chi connectivity index (χ0) is 20.5. The Labute approximate surface area is 199 Å². The van der Waals surface area contributed by atoms with E-state index in [2.05, 4.69) is 81.1 Å². The molecule has 9 heteroatoms. The SMILES string of the molecule is O=C(CN1CCN(Cc2ccccc2Br)CC1)NC1CC(=O)c2c(Br)sc(Br)c21. The molecular formula is C20H20Br3N3O2S. The lowest BCUT2D eigenvalue weighted by molar-refractivity contribution is -0.123.